The first-order valence-electron chi connectivity index (χ1n) is 10.5. The van der Waals surface area contributed by atoms with Crippen molar-refractivity contribution in [2.45, 2.75) is 32.9 Å². The summed E-state index contributed by atoms with van der Waals surface area (Å²) in [4.78, 5) is 12.2. The first kappa shape index (κ1) is 19.2. The molecule has 5 aromatic rings. The van der Waals surface area contributed by atoms with Gasteiger partial charge < -0.3 is 19.6 Å². The van der Waals surface area contributed by atoms with Gasteiger partial charge in [-0.3, -0.25) is 5.10 Å². The zero-order valence-corrected chi connectivity index (χ0v) is 17.6. The number of anilines is 1. The van der Waals surface area contributed by atoms with E-state index in [0.717, 1.165) is 64.4 Å². The molecule has 3 heterocycles. The van der Waals surface area contributed by atoms with Crippen LogP contribution in [0.5, 0.6) is 5.75 Å². The molecule has 0 aliphatic heterocycles. The number of hydrogen-bond acceptors (Lipinski definition) is 5. The first-order chi connectivity index (χ1) is 15.2. The molecule has 8 heteroatoms. The van der Waals surface area contributed by atoms with Crippen LogP contribution in [0.3, 0.4) is 0 Å². The summed E-state index contributed by atoms with van der Waals surface area (Å²) in [6, 6.07) is 12.1. The third-order valence-corrected chi connectivity index (χ3v) is 5.09. The topological polar surface area (TPSA) is 96.4 Å². The number of nitrogens with zero attached hydrogens (tertiary/aromatic N) is 4. The fraction of sp³-hybridized carbons (Fsp3) is 0.261. The third-order valence-electron chi connectivity index (χ3n) is 5.09. The zero-order chi connectivity index (χ0) is 21.2. The molecule has 0 atom stereocenters. The molecular weight excluding hydrogens is 390 g/mol. The van der Waals surface area contributed by atoms with E-state index in [-0.39, 0.29) is 6.10 Å². The monoisotopic (exact) mass is 415 g/mol. The zero-order valence-electron chi connectivity index (χ0n) is 17.6. The fourth-order valence-corrected chi connectivity index (χ4v) is 3.66. The minimum Gasteiger partial charge on any atom is -0.491 e. The van der Waals surface area contributed by atoms with Gasteiger partial charge in [0, 0.05) is 36.6 Å². The van der Waals surface area contributed by atoms with Gasteiger partial charge in [-0.15, -0.1) is 0 Å². The Hall–Kier alpha value is -3.81. The number of rotatable bonds is 8. The van der Waals surface area contributed by atoms with Crippen molar-refractivity contribution in [2.24, 2.45) is 0 Å². The first-order valence-corrected chi connectivity index (χ1v) is 10.5. The summed E-state index contributed by atoms with van der Waals surface area (Å²) in [5.41, 5.74) is 4.68. The molecule has 0 bridgehead atoms. The van der Waals surface area contributed by atoms with Crippen LogP contribution in [0.25, 0.3) is 33.5 Å². The Morgan fingerprint density at radius 3 is 2.90 bits per heavy atom. The number of ether oxygens (including phenoxy) is 1. The second-order valence-corrected chi connectivity index (χ2v) is 7.84. The Morgan fingerprint density at radius 1 is 1.13 bits per heavy atom. The van der Waals surface area contributed by atoms with Gasteiger partial charge >= 0.3 is 0 Å². The van der Waals surface area contributed by atoms with Gasteiger partial charge in [0.25, 0.3) is 0 Å². The third kappa shape index (κ3) is 4.09. The van der Waals surface area contributed by atoms with E-state index in [2.05, 4.69) is 42.2 Å². The maximum atomic E-state index is 5.84. The Morgan fingerprint density at radius 2 is 2.06 bits per heavy atom. The predicted molar refractivity (Wildman–Crippen MR) is 122 cm³/mol. The van der Waals surface area contributed by atoms with Crippen molar-refractivity contribution >= 4 is 27.6 Å². The van der Waals surface area contributed by atoms with Crippen LogP contribution in [0.4, 0.5) is 5.69 Å². The molecule has 5 rings (SSSR count). The maximum absolute atomic E-state index is 5.84. The average Bonchev–Trinajstić information content (AvgIpc) is 3.49. The lowest BCUT2D eigenvalue weighted by Crippen LogP contribution is -2.05. The molecule has 0 unspecified atom stereocenters. The number of imidazole rings is 2. The van der Waals surface area contributed by atoms with E-state index >= 15 is 0 Å². The Kier molecular flexibility index (Phi) is 5.03. The van der Waals surface area contributed by atoms with Crippen molar-refractivity contribution in [3.63, 3.8) is 0 Å². The number of nitrogens with one attached hydrogen (secondary N) is 3. The van der Waals surface area contributed by atoms with Gasteiger partial charge in [-0.05, 0) is 56.7 Å². The summed E-state index contributed by atoms with van der Waals surface area (Å²) in [5.74, 6) is 1.56. The number of H-pyrrole nitrogens is 2. The summed E-state index contributed by atoms with van der Waals surface area (Å²) in [6.07, 6.45) is 6.76. The standard InChI is InChI=1S/C23H25N7O/c1-15(2)31-17-5-7-19-18(13-17)22(29-28-19)23-26-20-6-4-16(12-21(20)27-23)25-8-3-10-30-11-9-24-14-30/h4-7,9,11-15,25H,3,8,10H2,1-2H3,(H,26,27)(H,28,29). The fourth-order valence-electron chi connectivity index (χ4n) is 3.66. The van der Waals surface area contributed by atoms with Crippen LogP contribution in [0.1, 0.15) is 20.3 Å². The molecule has 0 amide bonds. The molecule has 3 N–H and O–H groups in total. The molecule has 0 fully saturated rings. The number of aromatic nitrogens is 6. The number of fused-ring (bicyclic) bond motifs is 2. The molecule has 0 saturated carbocycles. The quantitative estimate of drug-likeness (QED) is 0.322. The van der Waals surface area contributed by atoms with Crippen molar-refractivity contribution in [3.05, 3.63) is 55.1 Å². The van der Waals surface area contributed by atoms with Crippen LogP contribution < -0.4 is 10.1 Å². The van der Waals surface area contributed by atoms with E-state index in [0.29, 0.717) is 0 Å². The van der Waals surface area contributed by atoms with Crippen molar-refractivity contribution in [3.8, 4) is 17.3 Å². The van der Waals surface area contributed by atoms with Crippen LogP contribution in [0, 0.1) is 0 Å². The highest BCUT2D eigenvalue weighted by Gasteiger charge is 2.14. The second kappa shape index (κ2) is 8.14. The smallest absolute Gasteiger partial charge is 0.159 e. The van der Waals surface area contributed by atoms with E-state index in [1.54, 1.807) is 6.20 Å². The van der Waals surface area contributed by atoms with Crippen molar-refractivity contribution in [2.75, 3.05) is 11.9 Å². The molecule has 158 valence electrons. The van der Waals surface area contributed by atoms with Crippen LogP contribution >= 0.6 is 0 Å². The van der Waals surface area contributed by atoms with E-state index in [9.17, 15) is 0 Å². The lowest BCUT2D eigenvalue weighted by molar-refractivity contribution is 0.243. The molecular formula is C23H25N7O. The van der Waals surface area contributed by atoms with Gasteiger partial charge in [0.05, 0.1) is 29.0 Å². The molecule has 0 saturated heterocycles. The number of aromatic amines is 2. The lowest BCUT2D eigenvalue weighted by Gasteiger charge is -2.09. The van der Waals surface area contributed by atoms with Crippen LogP contribution in [0.2, 0.25) is 0 Å². The van der Waals surface area contributed by atoms with Gasteiger partial charge in [-0.2, -0.15) is 5.10 Å². The molecule has 2 aromatic carbocycles. The van der Waals surface area contributed by atoms with E-state index in [1.165, 1.54) is 0 Å². The summed E-state index contributed by atoms with van der Waals surface area (Å²) in [7, 11) is 0. The Balaban J connectivity index is 1.35. The minimum atomic E-state index is 0.116. The highest BCUT2D eigenvalue weighted by molar-refractivity contribution is 5.94. The second-order valence-electron chi connectivity index (χ2n) is 7.84. The van der Waals surface area contributed by atoms with Gasteiger partial charge in [0.1, 0.15) is 11.4 Å². The van der Waals surface area contributed by atoms with Gasteiger partial charge in [-0.1, -0.05) is 0 Å². The minimum absolute atomic E-state index is 0.116. The van der Waals surface area contributed by atoms with Crippen molar-refractivity contribution < 1.29 is 4.74 Å². The predicted octanol–water partition coefficient (Wildman–Crippen LogP) is 4.59. The van der Waals surface area contributed by atoms with Crippen LogP contribution in [-0.4, -0.2) is 42.4 Å². The molecule has 3 aromatic heterocycles. The van der Waals surface area contributed by atoms with E-state index in [1.807, 2.05) is 50.6 Å². The van der Waals surface area contributed by atoms with Crippen molar-refractivity contribution in [1.82, 2.24) is 29.7 Å². The molecule has 0 aliphatic carbocycles. The Bertz CT molecular complexity index is 1300. The summed E-state index contributed by atoms with van der Waals surface area (Å²) in [6.45, 7) is 5.86. The average molecular weight is 416 g/mol. The van der Waals surface area contributed by atoms with E-state index < -0.39 is 0 Å². The normalized spacial score (nSPS) is 11.6. The number of benzene rings is 2. The molecule has 0 aliphatic rings. The maximum Gasteiger partial charge on any atom is 0.159 e. The summed E-state index contributed by atoms with van der Waals surface area (Å²) in [5, 5.41) is 12.0. The van der Waals surface area contributed by atoms with Gasteiger partial charge in [0.2, 0.25) is 0 Å². The summed E-state index contributed by atoms with van der Waals surface area (Å²) < 4.78 is 7.92. The van der Waals surface area contributed by atoms with Crippen molar-refractivity contribution in [1.29, 1.82) is 0 Å². The number of aryl methyl sites for hydroxylation is 1. The Labute approximate surface area is 179 Å². The van der Waals surface area contributed by atoms with Crippen LogP contribution in [-0.2, 0) is 6.54 Å². The lowest BCUT2D eigenvalue weighted by atomic mass is 10.2. The largest absolute Gasteiger partial charge is 0.491 e. The number of hydrogen-bond donors (Lipinski definition) is 3. The highest BCUT2D eigenvalue weighted by Crippen LogP contribution is 2.30. The molecule has 0 radical (unpaired) electrons. The summed E-state index contributed by atoms with van der Waals surface area (Å²) >= 11 is 0. The molecule has 31 heavy (non-hydrogen) atoms. The SMILES string of the molecule is CC(C)Oc1ccc2[nH]nc(-c3nc4ccc(NCCCn5ccnc5)cc4[nH]3)c2c1. The molecule has 8 nitrogen and oxygen atoms in total. The molecule has 0 spiro atoms. The highest BCUT2D eigenvalue weighted by atomic mass is 16.5. The van der Waals surface area contributed by atoms with E-state index in [4.69, 9.17) is 9.72 Å². The van der Waals surface area contributed by atoms with Gasteiger partial charge in [0.15, 0.2) is 5.82 Å². The van der Waals surface area contributed by atoms with Gasteiger partial charge in [-0.25, -0.2) is 9.97 Å². The van der Waals surface area contributed by atoms with Crippen LogP contribution in [0.15, 0.2) is 55.1 Å².